The number of nitrogens with one attached hydrogen (secondary N) is 1. The molecule has 0 atom stereocenters. The third kappa shape index (κ3) is 6.88. The average Bonchev–Trinajstić information content (AvgIpc) is 3.31. The van der Waals surface area contributed by atoms with Crippen molar-refractivity contribution in [2.75, 3.05) is 49.2 Å². The van der Waals surface area contributed by atoms with E-state index in [2.05, 4.69) is 25.3 Å². The Morgan fingerprint density at radius 2 is 1.90 bits per heavy atom. The second-order valence-corrected chi connectivity index (χ2v) is 10.4. The minimum absolute atomic E-state index is 0.0813. The number of pyridine rings is 1. The van der Waals surface area contributed by atoms with E-state index in [-0.39, 0.29) is 41.1 Å². The van der Waals surface area contributed by atoms with E-state index in [1.807, 2.05) is 20.8 Å². The second-order valence-electron chi connectivity index (χ2n) is 10.4. The van der Waals surface area contributed by atoms with Gasteiger partial charge in [0.2, 0.25) is 0 Å². The van der Waals surface area contributed by atoms with Crippen molar-refractivity contribution >= 4 is 46.9 Å². The van der Waals surface area contributed by atoms with Gasteiger partial charge in [-0.2, -0.15) is 0 Å². The molecule has 1 aliphatic heterocycles. The number of hydrogen-bond acceptors (Lipinski definition) is 10. The van der Waals surface area contributed by atoms with Gasteiger partial charge >= 0.3 is 12.1 Å². The van der Waals surface area contributed by atoms with Crippen LogP contribution in [0.3, 0.4) is 0 Å². The van der Waals surface area contributed by atoms with Gasteiger partial charge in [-0.1, -0.05) is 0 Å². The number of amides is 2. The van der Waals surface area contributed by atoms with Crippen LogP contribution in [-0.4, -0.2) is 82.5 Å². The summed E-state index contributed by atoms with van der Waals surface area (Å²) in [6.45, 7) is 8.49. The maximum atomic E-state index is 14.7. The number of hydrogen-bond donors (Lipinski definition) is 2. The predicted octanol–water partition coefficient (Wildman–Crippen LogP) is 2.87. The van der Waals surface area contributed by atoms with Gasteiger partial charge in [-0.25, -0.2) is 18.7 Å². The van der Waals surface area contributed by atoms with Crippen LogP contribution in [0.1, 0.15) is 49.4 Å². The molecule has 2 amide bonds. The van der Waals surface area contributed by atoms with E-state index >= 15 is 0 Å². The molecule has 218 valence electrons. The summed E-state index contributed by atoms with van der Waals surface area (Å²) in [5, 5.41) is 6.74. The summed E-state index contributed by atoms with van der Waals surface area (Å²) in [6, 6.07) is 4.48. The molecule has 1 saturated heterocycles. The largest absolute Gasteiger partial charge is 0.458 e. The summed E-state index contributed by atoms with van der Waals surface area (Å²) in [6.07, 6.45) is 2.61. The zero-order valence-corrected chi connectivity index (χ0v) is 23.6. The molecule has 2 aromatic heterocycles. The summed E-state index contributed by atoms with van der Waals surface area (Å²) in [4.78, 5) is 48.6. The molecule has 0 saturated carbocycles. The highest BCUT2D eigenvalue weighted by atomic mass is 19.1. The van der Waals surface area contributed by atoms with E-state index in [0.717, 1.165) is 16.3 Å². The van der Waals surface area contributed by atoms with Crippen LogP contribution in [0.5, 0.6) is 0 Å². The fourth-order valence-electron chi connectivity index (χ4n) is 4.30. The number of aromatic nitrogens is 3. The lowest BCUT2D eigenvalue weighted by Gasteiger charge is -2.37. The number of nitrogens with zero attached hydrogens (tertiary/aromatic N) is 6. The molecule has 1 aliphatic rings. The van der Waals surface area contributed by atoms with Crippen LogP contribution in [0.15, 0.2) is 29.4 Å². The molecular formula is C27H33FN8O5. The molecule has 3 aromatic rings. The number of rotatable bonds is 6. The number of piperazine rings is 1. The zero-order valence-electron chi connectivity index (χ0n) is 23.6. The SMILES string of the molecule is CN=Cc1c(N2CCN(C(=O)OC(C)(C)C)CC2)ccc(C(=O)Nc2cc(F)c3nc(COC(C)=O)nn3c2)c1N. The first-order valence-electron chi connectivity index (χ1n) is 12.9. The maximum Gasteiger partial charge on any atom is 0.410 e. The molecule has 4 rings (SSSR count). The summed E-state index contributed by atoms with van der Waals surface area (Å²) < 4.78 is 26.2. The second kappa shape index (κ2) is 11.8. The van der Waals surface area contributed by atoms with Gasteiger partial charge in [0.15, 0.2) is 23.9 Å². The highest BCUT2D eigenvalue weighted by Crippen LogP contribution is 2.30. The van der Waals surface area contributed by atoms with Gasteiger partial charge in [0.25, 0.3) is 5.91 Å². The molecular weight excluding hydrogens is 535 g/mol. The number of carbonyl (C=O) groups excluding carboxylic acids is 3. The van der Waals surface area contributed by atoms with Crippen LogP contribution in [0, 0.1) is 5.82 Å². The van der Waals surface area contributed by atoms with E-state index in [1.54, 1.807) is 30.3 Å². The van der Waals surface area contributed by atoms with Crippen LogP contribution in [0.2, 0.25) is 0 Å². The molecule has 14 heteroatoms. The van der Waals surface area contributed by atoms with Crippen LogP contribution in [0.4, 0.5) is 26.2 Å². The van der Waals surface area contributed by atoms with Crippen molar-refractivity contribution < 1.29 is 28.2 Å². The van der Waals surface area contributed by atoms with Gasteiger partial charge in [-0.05, 0) is 32.9 Å². The van der Waals surface area contributed by atoms with E-state index in [0.29, 0.717) is 31.7 Å². The Morgan fingerprint density at radius 3 is 2.54 bits per heavy atom. The Bertz CT molecular complexity index is 1510. The number of esters is 1. The number of nitrogens with two attached hydrogens (primary N) is 1. The number of ether oxygens (including phenoxy) is 2. The predicted molar refractivity (Wildman–Crippen MR) is 151 cm³/mol. The third-order valence-corrected chi connectivity index (χ3v) is 6.13. The van der Waals surface area contributed by atoms with Crippen molar-refractivity contribution in [3.05, 3.63) is 47.2 Å². The Morgan fingerprint density at radius 1 is 1.20 bits per heavy atom. The fourth-order valence-corrected chi connectivity index (χ4v) is 4.30. The Hall–Kier alpha value is -4.75. The number of anilines is 3. The Labute approximate surface area is 236 Å². The number of carbonyl (C=O) groups is 3. The number of nitrogen functional groups attached to an aromatic ring is 1. The lowest BCUT2D eigenvalue weighted by Crippen LogP contribution is -2.50. The Kier molecular flexibility index (Phi) is 8.40. The normalized spacial score (nSPS) is 14.0. The van der Waals surface area contributed by atoms with Crippen molar-refractivity contribution in [3.8, 4) is 0 Å². The number of aliphatic imine (C=N–C) groups is 1. The molecule has 0 spiro atoms. The maximum absolute atomic E-state index is 14.7. The first-order valence-corrected chi connectivity index (χ1v) is 12.9. The molecule has 0 aliphatic carbocycles. The molecule has 1 aromatic carbocycles. The molecule has 13 nitrogen and oxygen atoms in total. The number of halogens is 1. The van der Waals surface area contributed by atoms with E-state index in [9.17, 15) is 18.8 Å². The van der Waals surface area contributed by atoms with Crippen LogP contribution < -0.4 is 16.0 Å². The van der Waals surface area contributed by atoms with Crippen LogP contribution in [0.25, 0.3) is 5.65 Å². The van der Waals surface area contributed by atoms with Crippen molar-refractivity contribution in [1.29, 1.82) is 0 Å². The van der Waals surface area contributed by atoms with Crippen molar-refractivity contribution in [2.24, 2.45) is 4.99 Å². The van der Waals surface area contributed by atoms with E-state index in [1.165, 1.54) is 13.1 Å². The highest BCUT2D eigenvalue weighted by Gasteiger charge is 2.27. The Balaban J connectivity index is 1.52. The monoisotopic (exact) mass is 568 g/mol. The van der Waals surface area contributed by atoms with Crippen molar-refractivity contribution in [2.45, 2.75) is 39.9 Å². The van der Waals surface area contributed by atoms with Crippen molar-refractivity contribution in [3.63, 3.8) is 0 Å². The molecule has 0 bridgehead atoms. The third-order valence-electron chi connectivity index (χ3n) is 6.13. The van der Waals surface area contributed by atoms with Gasteiger partial charge in [-0.3, -0.25) is 14.6 Å². The summed E-state index contributed by atoms with van der Waals surface area (Å²) in [5.74, 6) is -1.69. The first kappa shape index (κ1) is 29.2. The van der Waals surface area contributed by atoms with Crippen LogP contribution in [-0.2, 0) is 20.9 Å². The lowest BCUT2D eigenvalue weighted by atomic mass is 10.0. The van der Waals surface area contributed by atoms with Crippen LogP contribution >= 0.6 is 0 Å². The standard InChI is InChI=1S/C27H33FN8O5/c1-16(37)40-15-22-32-24-20(28)12-17(14-36(24)33-22)31-25(38)18-6-7-21(19(13-30-5)23(18)29)34-8-10-35(11-9-34)26(39)41-27(2,3)4/h6-7,12-14H,8-11,15,29H2,1-5H3,(H,31,38). The van der Waals surface area contributed by atoms with Gasteiger partial charge < -0.3 is 30.3 Å². The number of fused-ring (bicyclic) bond motifs is 1. The minimum atomic E-state index is -0.725. The van der Waals surface area contributed by atoms with E-state index in [4.69, 9.17) is 15.2 Å². The number of benzene rings is 1. The summed E-state index contributed by atoms with van der Waals surface area (Å²) in [5.41, 5.74) is 7.61. The lowest BCUT2D eigenvalue weighted by molar-refractivity contribution is -0.142. The quantitative estimate of drug-likeness (QED) is 0.259. The fraction of sp³-hybridized carbons (Fsp3) is 0.407. The smallest absolute Gasteiger partial charge is 0.410 e. The molecule has 0 radical (unpaired) electrons. The van der Waals surface area contributed by atoms with Gasteiger partial charge in [0, 0.05) is 63.7 Å². The summed E-state index contributed by atoms with van der Waals surface area (Å²) in [7, 11) is 1.60. The molecule has 41 heavy (non-hydrogen) atoms. The minimum Gasteiger partial charge on any atom is -0.458 e. The molecule has 0 unspecified atom stereocenters. The first-order chi connectivity index (χ1) is 19.4. The topological polar surface area (TPSA) is 157 Å². The van der Waals surface area contributed by atoms with Crippen molar-refractivity contribution in [1.82, 2.24) is 19.5 Å². The zero-order chi connectivity index (χ0) is 29.9. The van der Waals surface area contributed by atoms with Gasteiger partial charge in [-0.15, -0.1) is 5.10 Å². The van der Waals surface area contributed by atoms with Gasteiger partial charge in [0.1, 0.15) is 5.60 Å². The molecule has 3 heterocycles. The summed E-state index contributed by atoms with van der Waals surface area (Å²) >= 11 is 0. The highest BCUT2D eigenvalue weighted by molar-refractivity contribution is 6.11. The van der Waals surface area contributed by atoms with Gasteiger partial charge in [0.05, 0.1) is 23.1 Å². The molecule has 1 fully saturated rings. The molecule has 3 N–H and O–H groups in total. The van der Waals surface area contributed by atoms with E-state index < -0.39 is 23.3 Å². The average molecular weight is 569 g/mol.